The Labute approximate surface area is 163 Å². The van der Waals surface area contributed by atoms with Crippen LogP contribution in [0, 0.1) is 0 Å². The Bertz CT molecular complexity index is 813. The van der Waals surface area contributed by atoms with Crippen LogP contribution in [-0.2, 0) is 13.0 Å². The third-order valence-electron chi connectivity index (χ3n) is 4.47. The number of carbonyl (C=O) groups is 1. The van der Waals surface area contributed by atoms with E-state index in [9.17, 15) is 9.90 Å². The summed E-state index contributed by atoms with van der Waals surface area (Å²) in [5.74, 6) is 2.22. The van der Waals surface area contributed by atoms with Gasteiger partial charge in [-0.15, -0.1) is 11.8 Å². The van der Waals surface area contributed by atoms with Gasteiger partial charge >= 0.3 is 6.03 Å². The van der Waals surface area contributed by atoms with Crippen molar-refractivity contribution in [3.63, 3.8) is 0 Å². The van der Waals surface area contributed by atoms with Crippen LogP contribution < -0.4 is 14.8 Å². The first-order chi connectivity index (χ1) is 13.1. The van der Waals surface area contributed by atoms with Gasteiger partial charge in [0.15, 0.2) is 11.5 Å². The maximum atomic E-state index is 12.6. The molecule has 3 rings (SSSR count). The number of aromatic hydroxyl groups is 1. The molecule has 0 bridgehead atoms. The number of rotatable bonds is 5. The molecule has 2 aromatic carbocycles. The number of hydrogen-bond donors (Lipinski definition) is 2. The van der Waals surface area contributed by atoms with E-state index >= 15 is 0 Å². The minimum atomic E-state index is -0.0722. The van der Waals surface area contributed by atoms with Crippen LogP contribution in [0.1, 0.15) is 11.1 Å². The van der Waals surface area contributed by atoms with Gasteiger partial charge in [0.1, 0.15) is 5.75 Å². The zero-order valence-electron chi connectivity index (χ0n) is 15.5. The lowest BCUT2D eigenvalue weighted by molar-refractivity contribution is 0.199. The molecule has 0 saturated heterocycles. The minimum absolute atomic E-state index is 0.0722. The van der Waals surface area contributed by atoms with Gasteiger partial charge in [0, 0.05) is 30.3 Å². The number of nitrogens with one attached hydrogen (secondary N) is 1. The van der Waals surface area contributed by atoms with Crippen molar-refractivity contribution in [2.75, 3.05) is 33.1 Å². The molecule has 0 aromatic heterocycles. The number of carbonyl (C=O) groups excluding carboxylic acids is 1. The first kappa shape index (κ1) is 19.2. The van der Waals surface area contributed by atoms with E-state index in [1.54, 1.807) is 31.0 Å². The molecule has 0 saturated carbocycles. The molecule has 0 fully saturated rings. The van der Waals surface area contributed by atoms with E-state index in [1.807, 2.05) is 23.1 Å². The van der Waals surface area contributed by atoms with Crippen molar-refractivity contribution < 1.29 is 19.4 Å². The molecular weight excluding hydrogens is 364 g/mol. The van der Waals surface area contributed by atoms with Crippen LogP contribution in [0.2, 0.25) is 0 Å². The number of phenolic OH excluding ortho intramolecular Hbond substituents is 1. The average molecular weight is 388 g/mol. The van der Waals surface area contributed by atoms with Crippen molar-refractivity contribution in [3.8, 4) is 17.2 Å². The third kappa shape index (κ3) is 4.80. The Morgan fingerprint density at radius 2 is 2.07 bits per heavy atom. The number of methoxy groups -OCH3 is 2. The van der Waals surface area contributed by atoms with Crippen LogP contribution in [0.3, 0.4) is 0 Å². The van der Waals surface area contributed by atoms with Gasteiger partial charge in [-0.25, -0.2) is 4.79 Å². The van der Waals surface area contributed by atoms with Crippen molar-refractivity contribution in [3.05, 3.63) is 47.5 Å². The lowest BCUT2D eigenvalue weighted by Crippen LogP contribution is -2.41. The number of hydrogen-bond acceptors (Lipinski definition) is 5. The van der Waals surface area contributed by atoms with Crippen LogP contribution in [-0.4, -0.2) is 49.1 Å². The molecule has 144 valence electrons. The van der Waals surface area contributed by atoms with Gasteiger partial charge in [0.2, 0.25) is 0 Å². The highest BCUT2D eigenvalue weighted by Gasteiger charge is 2.19. The normalized spacial score (nSPS) is 13.5. The van der Waals surface area contributed by atoms with Gasteiger partial charge in [-0.05, 0) is 47.9 Å². The number of ether oxygens (including phenoxy) is 2. The SMILES string of the molecule is COc1ccc2c(c1)CN(C(=O)NCCc1ccc(O)c(OC)c1)CCS2. The van der Waals surface area contributed by atoms with E-state index in [1.165, 1.54) is 12.0 Å². The Balaban J connectivity index is 1.57. The maximum Gasteiger partial charge on any atom is 0.317 e. The molecule has 2 aromatic rings. The van der Waals surface area contributed by atoms with E-state index in [4.69, 9.17) is 9.47 Å². The fraction of sp³-hybridized carbons (Fsp3) is 0.350. The summed E-state index contributed by atoms with van der Waals surface area (Å²) in [7, 11) is 3.17. The van der Waals surface area contributed by atoms with Crippen LogP contribution in [0.5, 0.6) is 17.2 Å². The van der Waals surface area contributed by atoms with Crippen LogP contribution in [0.25, 0.3) is 0 Å². The molecule has 1 aliphatic rings. The lowest BCUT2D eigenvalue weighted by Gasteiger charge is -2.21. The Morgan fingerprint density at radius 1 is 1.22 bits per heavy atom. The summed E-state index contributed by atoms with van der Waals surface area (Å²) < 4.78 is 10.4. The van der Waals surface area contributed by atoms with Crippen molar-refractivity contribution in [2.45, 2.75) is 17.9 Å². The zero-order valence-corrected chi connectivity index (χ0v) is 16.3. The Morgan fingerprint density at radius 3 is 2.85 bits per heavy atom. The molecule has 6 nitrogen and oxygen atoms in total. The Kier molecular flexibility index (Phi) is 6.34. The molecule has 2 N–H and O–H groups in total. The van der Waals surface area contributed by atoms with Gasteiger partial charge in [-0.1, -0.05) is 6.07 Å². The molecule has 27 heavy (non-hydrogen) atoms. The summed E-state index contributed by atoms with van der Waals surface area (Å²) in [6.07, 6.45) is 0.662. The second-order valence-corrected chi connectivity index (χ2v) is 7.37. The monoisotopic (exact) mass is 388 g/mol. The van der Waals surface area contributed by atoms with Gasteiger partial charge in [0.05, 0.1) is 14.2 Å². The van der Waals surface area contributed by atoms with E-state index in [2.05, 4.69) is 11.4 Å². The number of benzene rings is 2. The predicted molar refractivity (Wildman–Crippen MR) is 106 cm³/mol. The summed E-state index contributed by atoms with van der Waals surface area (Å²) in [4.78, 5) is 15.6. The van der Waals surface area contributed by atoms with Gasteiger partial charge in [0.25, 0.3) is 0 Å². The fourth-order valence-corrected chi connectivity index (χ4v) is 3.98. The number of amides is 2. The molecule has 0 unspecified atom stereocenters. The van der Waals surface area contributed by atoms with Crippen LogP contribution in [0.15, 0.2) is 41.3 Å². The van der Waals surface area contributed by atoms with Gasteiger partial charge < -0.3 is 24.8 Å². The third-order valence-corrected chi connectivity index (χ3v) is 5.56. The molecule has 7 heteroatoms. The molecular formula is C20H24N2O4S. The minimum Gasteiger partial charge on any atom is -0.504 e. The summed E-state index contributed by atoms with van der Waals surface area (Å²) in [5.41, 5.74) is 2.10. The van der Waals surface area contributed by atoms with Crippen molar-refractivity contribution in [2.24, 2.45) is 0 Å². The summed E-state index contributed by atoms with van der Waals surface area (Å²) >= 11 is 1.76. The standard InChI is InChI=1S/C20H24N2O4S/c1-25-16-4-6-19-15(12-16)13-22(9-10-27-19)20(24)21-8-7-14-3-5-17(23)18(11-14)26-2/h3-6,11-12,23H,7-10,13H2,1-2H3,(H,21,24). The second kappa shape index (κ2) is 8.90. The highest BCUT2D eigenvalue weighted by Crippen LogP contribution is 2.30. The predicted octanol–water partition coefficient (Wildman–Crippen LogP) is 3.27. The lowest BCUT2D eigenvalue weighted by atomic mass is 10.1. The van der Waals surface area contributed by atoms with E-state index in [0.717, 1.165) is 22.6 Å². The number of thioether (sulfide) groups is 1. The summed E-state index contributed by atoms with van der Waals surface area (Å²) in [6, 6.07) is 11.1. The average Bonchev–Trinajstić information content (AvgIpc) is 2.90. The van der Waals surface area contributed by atoms with Crippen LogP contribution in [0.4, 0.5) is 4.79 Å². The van der Waals surface area contributed by atoms with E-state index in [-0.39, 0.29) is 11.8 Å². The van der Waals surface area contributed by atoms with Crippen molar-refractivity contribution in [1.82, 2.24) is 10.2 Å². The van der Waals surface area contributed by atoms with Crippen LogP contribution >= 0.6 is 11.8 Å². The van der Waals surface area contributed by atoms with Gasteiger partial charge in [-0.2, -0.15) is 0 Å². The number of nitrogens with zero attached hydrogens (tertiary/aromatic N) is 1. The quantitative estimate of drug-likeness (QED) is 0.823. The van der Waals surface area contributed by atoms with Gasteiger partial charge in [-0.3, -0.25) is 0 Å². The van der Waals surface area contributed by atoms with E-state index < -0.39 is 0 Å². The first-order valence-electron chi connectivity index (χ1n) is 8.79. The number of urea groups is 1. The second-order valence-electron chi connectivity index (χ2n) is 6.23. The number of phenols is 1. The topological polar surface area (TPSA) is 71.0 Å². The largest absolute Gasteiger partial charge is 0.504 e. The maximum absolute atomic E-state index is 12.6. The highest BCUT2D eigenvalue weighted by molar-refractivity contribution is 7.99. The van der Waals surface area contributed by atoms with Crippen molar-refractivity contribution >= 4 is 17.8 Å². The number of fused-ring (bicyclic) bond motifs is 1. The molecule has 1 heterocycles. The molecule has 0 spiro atoms. The molecule has 0 aliphatic carbocycles. The highest BCUT2D eigenvalue weighted by atomic mass is 32.2. The summed E-state index contributed by atoms with van der Waals surface area (Å²) in [6.45, 7) is 1.78. The Hall–Kier alpha value is -2.54. The molecule has 2 amide bonds. The zero-order chi connectivity index (χ0) is 19.2. The summed E-state index contributed by atoms with van der Waals surface area (Å²) in [5, 5.41) is 12.6. The van der Waals surface area contributed by atoms with Crippen molar-refractivity contribution in [1.29, 1.82) is 0 Å². The molecule has 1 aliphatic heterocycles. The first-order valence-corrected chi connectivity index (χ1v) is 9.77. The molecule has 0 radical (unpaired) electrons. The smallest absolute Gasteiger partial charge is 0.317 e. The van der Waals surface area contributed by atoms with E-state index in [0.29, 0.717) is 31.8 Å². The fourth-order valence-electron chi connectivity index (χ4n) is 2.97. The molecule has 0 atom stereocenters.